The molecule has 3 N–H and O–H groups in total. The minimum Gasteiger partial charge on any atom is -0.462 e. The Morgan fingerprint density at radius 3 is 2.56 bits per heavy atom. The van der Waals surface area contributed by atoms with Crippen molar-refractivity contribution in [2.75, 3.05) is 6.61 Å². The van der Waals surface area contributed by atoms with E-state index in [1.165, 1.54) is 19.1 Å². The van der Waals surface area contributed by atoms with Crippen LogP contribution in [-0.4, -0.2) is 57.3 Å². The third kappa shape index (κ3) is 6.48. The second kappa shape index (κ2) is 11.1. The minimum atomic E-state index is -4.30. The molecule has 2 aromatic rings. The Bertz CT molecular complexity index is 1220. The molecule has 0 radical (unpaired) electrons. The summed E-state index contributed by atoms with van der Waals surface area (Å²) in [7, 11) is -4.30. The maximum atomic E-state index is 15.4. The number of aliphatic hydroxyl groups excluding tert-OH is 1. The average Bonchev–Trinajstić information content (AvgIpc) is 3.01. The van der Waals surface area contributed by atoms with E-state index in [9.17, 15) is 24.1 Å². The molecule has 6 atom stereocenters. The molecule has 36 heavy (non-hydrogen) atoms. The fourth-order valence-electron chi connectivity index (χ4n) is 3.47. The Hall–Kier alpha value is -2.83. The summed E-state index contributed by atoms with van der Waals surface area (Å²) in [6.07, 6.45) is -4.21. The lowest BCUT2D eigenvalue weighted by molar-refractivity contribution is -0.149. The van der Waals surface area contributed by atoms with Gasteiger partial charge in [0.2, 0.25) is 0 Å². The van der Waals surface area contributed by atoms with Crippen molar-refractivity contribution in [2.24, 2.45) is 0 Å². The van der Waals surface area contributed by atoms with E-state index in [1.54, 1.807) is 32.0 Å². The van der Waals surface area contributed by atoms with Gasteiger partial charge >= 0.3 is 19.4 Å². The average molecular weight is 529 g/mol. The van der Waals surface area contributed by atoms with Crippen molar-refractivity contribution in [2.45, 2.75) is 63.9 Å². The number of esters is 1. The standard InChI is InChI=1S/C22H29FN3O9P/c1-13(2)33-19(29)14(3)25-36(31,35-15-8-6-5-7-9-15)32-12-16-18(28)22(4,23)20(34-16)26-11-10-17(27)24-21(26)30/h5-11,13-14,16,18,20,28H,12H2,1-4H3,(H,25,31)(H,24,27,30)/t14-,16+,18-,20+,22?,36-/m0/s1. The lowest BCUT2D eigenvalue weighted by Crippen LogP contribution is -2.43. The van der Waals surface area contributed by atoms with Gasteiger partial charge in [0.15, 0.2) is 11.9 Å². The number of aromatic amines is 1. The van der Waals surface area contributed by atoms with Crippen LogP contribution in [0.1, 0.15) is 33.9 Å². The zero-order chi connectivity index (χ0) is 26.7. The normalized spacial score (nSPS) is 26.4. The molecule has 14 heteroatoms. The monoisotopic (exact) mass is 529 g/mol. The van der Waals surface area contributed by atoms with Crippen molar-refractivity contribution >= 4 is 13.7 Å². The highest BCUT2D eigenvalue weighted by Gasteiger charge is 2.55. The molecule has 0 spiro atoms. The predicted molar refractivity (Wildman–Crippen MR) is 125 cm³/mol. The zero-order valence-corrected chi connectivity index (χ0v) is 21.0. The number of carbonyl (C=O) groups is 1. The second-order valence-corrected chi connectivity index (χ2v) is 10.4. The highest BCUT2D eigenvalue weighted by molar-refractivity contribution is 7.52. The Labute approximate surface area is 205 Å². The van der Waals surface area contributed by atoms with Crippen LogP contribution in [0.2, 0.25) is 0 Å². The summed E-state index contributed by atoms with van der Waals surface area (Å²) in [5.74, 6) is -0.560. The zero-order valence-electron chi connectivity index (χ0n) is 20.1. The summed E-state index contributed by atoms with van der Waals surface area (Å²) in [6.45, 7) is 5.07. The second-order valence-electron chi connectivity index (χ2n) is 8.67. The van der Waals surface area contributed by atoms with Gasteiger partial charge in [-0.3, -0.25) is 23.7 Å². The fourth-order valence-corrected chi connectivity index (χ4v) is 4.97. The van der Waals surface area contributed by atoms with Crippen LogP contribution in [0.4, 0.5) is 4.39 Å². The van der Waals surface area contributed by atoms with Crippen molar-refractivity contribution in [1.82, 2.24) is 14.6 Å². The van der Waals surface area contributed by atoms with Crippen LogP contribution in [-0.2, 0) is 23.4 Å². The molecule has 1 fully saturated rings. The van der Waals surface area contributed by atoms with Crippen LogP contribution in [0.15, 0.2) is 52.2 Å². The number of aliphatic hydroxyl groups is 1. The maximum absolute atomic E-state index is 15.4. The summed E-state index contributed by atoms with van der Waals surface area (Å²) in [4.78, 5) is 37.7. The molecule has 2 heterocycles. The van der Waals surface area contributed by atoms with Crippen LogP contribution in [0.25, 0.3) is 0 Å². The van der Waals surface area contributed by atoms with E-state index in [4.69, 9.17) is 18.5 Å². The number of hydrogen-bond donors (Lipinski definition) is 3. The van der Waals surface area contributed by atoms with E-state index in [-0.39, 0.29) is 5.75 Å². The fraction of sp³-hybridized carbons (Fsp3) is 0.500. The first-order valence-electron chi connectivity index (χ1n) is 11.1. The Morgan fingerprint density at radius 2 is 1.94 bits per heavy atom. The molecule has 0 bridgehead atoms. The molecular formula is C22H29FN3O9P. The van der Waals surface area contributed by atoms with Crippen molar-refractivity contribution in [3.05, 3.63) is 63.4 Å². The van der Waals surface area contributed by atoms with Gasteiger partial charge in [-0.1, -0.05) is 18.2 Å². The molecule has 1 saturated heterocycles. The van der Waals surface area contributed by atoms with Crippen molar-refractivity contribution in [3.8, 4) is 5.75 Å². The predicted octanol–water partition coefficient (Wildman–Crippen LogP) is 1.66. The van der Waals surface area contributed by atoms with E-state index in [0.717, 1.165) is 23.8 Å². The molecule has 1 aliphatic heterocycles. The summed E-state index contributed by atoms with van der Waals surface area (Å²) >= 11 is 0. The SMILES string of the molecule is CC(C)OC(=O)[C@H](C)N[P@](=O)(OC[C@H]1O[C@@H](n2ccc(=O)[nH]c2=O)C(C)(F)[C@H]1O)Oc1ccccc1. The lowest BCUT2D eigenvalue weighted by Gasteiger charge is -2.25. The van der Waals surface area contributed by atoms with Gasteiger partial charge in [-0.25, -0.2) is 13.8 Å². The summed E-state index contributed by atoms with van der Waals surface area (Å²) in [5.41, 5.74) is -4.12. The van der Waals surface area contributed by atoms with Gasteiger partial charge < -0.3 is 19.1 Å². The van der Waals surface area contributed by atoms with Crippen LogP contribution in [0.3, 0.4) is 0 Å². The number of nitrogens with one attached hydrogen (secondary N) is 2. The number of aromatic nitrogens is 2. The molecule has 1 aliphatic rings. The Kier molecular flexibility index (Phi) is 8.52. The molecule has 1 aromatic heterocycles. The Balaban J connectivity index is 1.80. The van der Waals surface area contributed by atoms with E-state index in [0.29, 0.717) is 0 Å². The molecular weight excluding hydrogens is 500 g/mol. The number of benzene rings is 1. The minimum absolute atomic E-state index is 0.152. The number of para-hydroxylation sites is 1. The summed E-state index contributed by atoms with van der Waals surface area (Å²) in [5, 5.41) is 13.0. The van der Waals surface area contributed by atoms with Gasteiger partial charge in [0, 0.05) is 12.3 Å². The highest BCUT2D eigenvalue weighted by atomic mass is 31.2. The van der Waals surface area contributed by atoms with Gasteiger partial charge in [0.1, 0.15) is 24.0 Å². The van der Waals surface area contributed by atoms with Crippen molar-refractivity contribution < 1.29 is 37.4 Å². The van der Waals surface area contributed by atoms with Gasteiger partial charge in [-0.2, -0.15) is 5.09 Å². The van der Waals surface area contributed by atoms with Crippen LogP contribution >= 0.6 is 7.75 Å². The van der Waals surface area contributed by atoms with Crippen LogP contribution < -0.4 is 20.9 Å². The lowest BCUT2D eigenvalue weighted by atomic mass is 9.98. The number of hydrogen-bond acceptors (Lipinski definition) is 9. The summed E-state index contributed by atoms with van der Waals surface area (Å²) < 4.78 is 51.4. The largest absolute Gasteiger partial charge is 0.462 e. The van der Waals surface area contributed by atoms with Gasteiger partial charge in [0.25, 0.3) is 5.56 Å². The van der Waals surface area contributed by atoms with E-state index < -0.39 is 67.8 Å². The number of H-pyrrole nitrogens is 1. The first-order valence-corrected chi connectivity index (χ1v) is 12.7. The third-order valence-corrected chi connectivity index (χ3v) is 6.90. The number of ether oxygens (including phenoxy) is 2. The molecule has 198 valence electrons. The van der Waals surface area contributed by atoms with Gasteiger partial charge in [0.05, 0.1) is 12.7 Å². The first kappa shape index (κ1) is 27.8. The maximum Gasteiger partial charge on any atom is 0.459 e. The smallest absolute Gasteiger partial charge is 0.459 e. The molecule has 1 aromatic carbocycles. The first-order chi connectivity index (χ1) is 16.8. The van der Waals surface area contributed by atoms with E-state index in [1.807, 2.05) is 4.98 Å². The quantitative estimate of drug-likeness (QED) is 0.305. The number of alkyl halides is 1. The van der Waals surface area contributed by atoms with Gasteiger partial charge in [-0.05, 0) is 39.8 Å². The van der Waals surface area contributed by atoms with Crippen LogP contribution in [0.5, 0.6) is 5.75 Å². The number of halogens is 1. The summed E-state index contributed by atoms with van der Waals surface area (Å²) in [6, 6.07) is 7.86. The number of nitrogens with zero attached hydrogens (tertiary/aromatic N) is 1. The Morgan fingerprint density at radius 1 is 1.28 bits per heavy atom. The van der Waals surface area contributed by atoms with E-state index in [2.05, 4.69) is 5.09 Å². The van der Waals surface area contributed by atoms with Crippen molar-refractivity contribution in [1.29, 1.82) is 0 Å². The highest BCUT2D eigenvalue weighted by Crippen LogP contribution is 2.47. The van der Waals surface area contributed by atoms with Crippen LogP contribution in [0, 0.1) is 0 Å². The number of rotatable bonds is 10. The molecule has 0 saturated carbocycles. The van der Waals surface area contributed by atoms with Crippen molar-refractivity contribution in [3.63, 3.8) is 0 Å². The van der Waals surface area contributed by atoms with E-state index >= 15 is 4.39 Å². The third-order valence-electron chi connectivity index (χ3n) is 5.26. The molecule has 12 nitrogen and oxygen atoms in total. The number of carbonyl (C=O) groups excluding carboxylic acids is 1. The van der Waals surface area contributed by atoms with Gasteiger partial charge in [-0.15, -0.1) is 0 Å². The molecule has 1 unspecified atom stereocenters. The molecule has 0 amide bonds. The topological polar surface area (TPSA) is 158 Å². The molecule has 3 rings (SSSR count). The molecule has 0 aliphatic carbocycles.